The second-order valence-electron chi connectivity index (χ2n) is 7.29. The summed E-state index contributed by atoms with van der Waals surface area (Å²) in [6.45, 7) is 7.23. The number of nitrogens with one attached hydrogen (secondary N) is 2. The van der Waals surface area contributed by atoms with Gasteiger partial charge in [-0.2, -0.15) is 4.98 Å². The molecule has 1 saturated heterocycles. The van der Waals surface area contributed by atoms with Crippen molar-refractivity contribution in [3.8, 4) is 11.4 Å². The van der Waals surface area contributed by atoms with Crippen LogP contribution in [0.25, 0.3) is 11.4 Å². The highest BCUT2D eigenvalue weighted by molar-refractivity contribution is 5.76. The van der Waals surface area contributed by atoms with Crippen LogP contribution in [0.4, 0.5) is 0 Å². The Kier molecular flexibility index (Phi) is 6.39. The van der Waals surface area contributed by atoms with Gasteiger partial charge in [-0.1, -0.05) is 43.3 Å². The van der Waals surface area contributed by atoms with E-state index in [-0.39, 0.29) is 5.91 Å². The van der Waals surface area contributed by atoms with Gasteiger partial charge in [-0.25, -0.2) is 0 Å². The summed E-state index contributed by atoms with van der Waals surface area (Å²) in [6.07, 6.45) is 3.08. The second-order valence-corrected chi connectivity index (χ2v) is 7.29. The van der Waals surface area contributed by atoms with E-state index in [9.17, 15) is 4.79 Å². The first-order chi connectivity index (χ1) is 12.6. The van der Waals surface area contributed by atoms with Crippen LogP contribution >= 0.6 is 0 Å². The van der Waals surface area contributed by atoms with Gasteiger partial charge in [0, 0.05) is 24.9 Å². The number of hydrogen-bond acceptors (Lipinski definition) is 5. The van der Waals surface area contributed by atoms with E-state index in [1.165, 1.54) is 12.0 Å². The molecule has 6 heteroatoms. The lowest BCUT2D eigenvalue weighted by molar-refractivity contribution is -0.121. The Morgan fingerprint density at radius 2 is 2.15 bits per heavy atom. The quantitative estimate of drug-likeness (QED) is 0.760. The van der Waals surface area contributed by atoms with Crippen molar-refractivity contribution in [1.82, 2.24) is 20.8 Å². The number of benzene rings is 1. The van der Waals surface area contributed by atoms with Gasteiger partial charge in [0.1, 0.15) is 0 Å². The Bertz CT molecular complexity index is 703. The van der Waals surface area contributed by atoms with Gasteiger partial charge in [0.15, 0.2) is 0 Å². The van der Waals surface area contributed by atoms with Crippen molar-refractivity contribution >= 4 is 5.91 Å². The highest BCUT2D eigenvalue weighted by Gasteiger charge is 2.15. The van der Waals surface area contributed by atoms with E-state index in [2.05, 4.69) is 46.8 Å². The molecular weight excluding hydrogens is 328 g/mol. The fraction of sp³-hybridized carbons (Fsp3) is 0.550. The molecule has 0 bridgehead atoms. The van der Waals surface area contributed by atoms with Crippen molar-refractivity contribution in [2.24, 2.45) is 5.92 Å². The average molecular weight is 356 g/mol. The molecule has 1 amide bonds. The van der Waals surface area contributed by atoms with Crippen LogP contribution in [0.5, 0.6) is 0 Å². The van der Waals surface area contributed by atoms with E-state index in [0.717, 1.165) is 31.6 Å². The van der Waals surface area contributed by atoms with Gasteiger partial charge in [0.25, 0.3) is 0 Å². The zero-order valence-corrected chi connectivity index (χ0v) is 15.6. The number of rotatable bonds is 8. The Morgan fingerprint density at radius 1 is 1.35 bits per heavy atom. The summed E-state index contributed by atoms with van der Waals surface area (Å²) >= 11 is 0. The lowest BCUT2D eigenvalue weighted by atomic mass is 10.0. The summed E-state index contributed by atoms with van der Waals surface area (Å²) in [5.74, 6) is 2.30. The normalized spacial score (nSPS) is 17.0. The molecule has 0 spiro atoms. The van der Waals surface area contributed by atoms with Crippen LogP contribution in [0.15, 0.2) is 28.8 Å². The monoisotopic (exact) mass is 356 g/mol. The van der Waals surface area contributed by atoms with Gasteiger partial charge in [-0.3, -0.25) is 4.79 Å². The Labute approximate surface area is 154 Å². The minimum absolute atomic E-state index is 0.0389. The van der Waals surface area contributed by atoms with Crippen LogP contribution in [0.2, 0.25) is 0 Å². The van der Waals surface area contributed by atoms with E-state index in [0.29, 0.717) is 36.4 Å². The highest BCUT2D eigenvalue weighted by Crippen LogP contribution is 2.20. The first-order valence-corrected chi connectivity index (χ1v) is 9.52. The molecule has 1 aromatic carbocycles. The summed E-state index contributed by atoms with van der Waals surface area (Å²) in [6, 6.07) is 8.19. The van der Waals surface area contributed by atoms with Crippen LogP contribution in [-0.4, -0.2) is 35.7 Å². The number of carbonyl (C=O) groups is 1. The lowest BCUT2D eigenvalue weighted by Gasteiger charge is -2.08. The Morgan fingerprint density at radius 3 is 2.85 bits per heavy atom. The highest BCUT2D eigenvalue weighted by atomic mass is 16.5. The van der Waals surface area contributed by atoms with Gasteiger partial charge >= 0.3 is 0 Å². The average Bonchev–Trinajstić information content (AvgIpc) is 3.32. The predicted octanol–water partition coefficient (Wildman–Crippen LogP) is 2.91. The number of aromatic nitrogens is 2. The van der Waals surface area contributed by atoms with Crippen LogP contribution in [0.1, 0.15) is 50.5 Å². The molecule has 26 heavy (non-hydrogen) atoms. The fourth-order valence-corrected chi connectivity index (χ4v) is 3.18. The summed E-state index contributed by atoms with van der Waals surface area (Å²) in [5.41, 5.74) is 2.21. The SMILES string of the molecule is CC(C)c1ccc(-c2noc(CCC(=O)NCCC3CCNC3)n2)cc1. The molecule has 0 saturated carbocycles. The Balaban J connectivity index is 1.43. The molecule has 1 unspecified atom stereocenters. The summed E-state index contributed by atoms with van der Waals surface area (Å²) in [7, 11) is 0. The maximum Gasteiger partial charge on any atom is 0.227 e. The number of amides is 1. The molecule has 1 fully saturated rings. The second kappa shape index (κ2) is 8.94. The number of aryl methyl sites for hydroxylation is 1. The molecule has 3 rings (SSSR count). The molecule has 140 valence electrons. The van der Waals surface area contributed by atoms with Gasteiger partial charge < -0.3 is 15.2 Å². The van der Waals surface area contributed by atoms with Crippen LogP contribution in [0.3, 0.4) is 0 Å². The van der Waals surface area contributed by atoms with Crippen molar-refractivity contribution in [3.05, 3.63) is 35.7 Å². The van der Waals surface area contributed by atoms with E-state index in [1.807, 2.05) is 12.1 Å². The van der Waals surface area contributed by atoms with E-state index in [4.69, 9.17) is 4.52 Å². The zero-order chi connectivity index (χ0) is 18.4. The first kappa shape index (κ1) is 18.6. The number of nitrogens with zero attached hydrogens (tertiary/aromatic N) is 2. The Hall–Kier alpha value is -2.21. The third-order valence-corrected chi connectivity index (χ3v) is 4.91. The zero-order valence-electron chi connectivity index (χ0n) is 15.6. The van der Waals surface area contributed by atoms with Gasteiger partial charge in [0.05, 0.1) is 0 Å². The topological polar surface area (TPSA) is 80.0 Å². The molecule has 2 heterocycles. The van der Waals surface area contributed by atoms with E-state index < -0.39 is 0 Å². The maximum absolute atomic E-state index is 12.0. The van der Waals surface area contributed by atoms with Gasteiger partial charge in [-0.15, -0.1) is 0 Å². The fourth-order valence-electron chi connectivity index (χ4n) is 3.18. The first-order valence-electron chi connectivity index (χ1n) is 9.52. The van der Waals surface area contributed by atoms with Gasteiger partial charge in [-0.05, 0) is 43.3 Å². The number of carbonyl (C=O) groups excluding carboxylic acids is 1. The molecule has 6 nitrogen and oxygen atoms in total. The molecule has 1 aliphatic heterocycles. The van der Waals surface area contributed by atoms with Crippen molar-refractivity contribution in [3.63, 3.8) is 0 Å². The molecule has 2 N–H and O–H groups in total. The van der Waals surface area contributed by atoms with Crippen LogP contribution < -0.4 is 10.6 Å². The van der Waals surface area contributed by atoms with Crippen molar-refractivity contribution in [2.75, 3.05) is 19.6 Å². The summed E-state index contributed by atoms with van der Waals surface area (Å²) in [5, 5.41) is 10.3. The minimum Gasteiger partial charge on any atom is -0.356 e. The maximum atomic E-state index is 12.0. The molecule has 1 aromatic heterocycles. The third kappa shape index (κ3) is 5.14. The minimum atomic E-state index is 0.0389. The number of hydrogen-bond donors (Lipinski definition) is 2. The van der Waals surface area contributed by atoms with Gasteiger partial charge in [0.2, 0.25) is 17.6 Å². The molecule has 1 atom stereocenters. The van der Waals surface area contributed by atoms with E-state index >= 15 is 0 Å². The molecule has 0 radical (unpaired) electrons. The molecule has 1 aliphatic rings. The van der Waals surface area contributed by atoms with Crippen molar-refractivity contribution in [2.45, 2.75) is 45.4 Å². The van der Waals surface area contributed by atoms with Crippen LogP contribution in [0, 0.1) is 5.92 Å². The molecular formula is C20H28N4O2. The van der Waals surface area contributed by atoms with Crippen molar-refractivity contribution < 1.29 is 9.32 Å². The molecule has 0 aliphatic carbocycles. The largest absolute Gasteiger partial charge is 0.356 e. The van der Waals surface area contributed by atoms with Crippen LogP contribution in [-0.2, 0) is 11.2 Å². The smallest absolute Gasteiger partial charge is 0.227 e. The summed E-state index contributed by atoms with van der Waals surface area (Å²) < 4.78 is 5.28. The third-order valence-electron chi connectivity index (χ3n) is 4.91. The standard InChI is InChI=1S/C20H28N4O2/c1-14(2)16-3-5-17(6-4-16)20-23-19(26-24-20)8-7-18(25)22-12-10-15-9-11-21-13-15/h3-6,14-15,21H,7-13H2,1-2H3,(H,22,25). The van der Waals surface area contributed by atoms with Crippen molar-refractivity contribution in [1.29, 1.82) is 0 Å². The predicted molar refractivity (Wildman–Crippen MR) is 101 cm³/mol. The van der Waals surface area contributed by atoms with E-state index in [1.54, 1.807) is 0 Å². The molecule has 2 aromatic rings. The summed E-state index contributed by atoms with van der Waals surface area (Å²) in [4.78, 5) is 16.4. The lowest BCUT2D eigenvalue weighted by Crippen LogP contribution is -2.26.